The Hall–Kier alpha value is -2.96. The summed E-state index contributed by atoms with van der Waals surface area (Å²) in [6.07, 6.45) is 1.73. The molecule has 7 heteroatoms. The minimum atomic E-state index is -0.390. The number of nitrogens with zero attached hydrogens (tertiary/aromatic N) is 3. The molecule has 0 saturated heterocycles. The van der Waals surface area contributed by atoms with Crippen molar-refractivity contribution >= 4 is 11.6 Å². The molecule has 0 aliphatic carbocycles. The van der Waals surface area contributed by atoms with Gasteiger partial charge in [-0.3, -0.25) is 15.1 Å². The van der Waals surface area contributed by atoms with Gasteiger partial charge in [-0.15, -0.1) is 0 Å². The number of rotatable bonds is 6. The lowest BCUT2D eigenvalue weighted by molar-refractivity contribution is -0.385. The van der Waals surface area contributed by atoms with E-state index >= 15 is 0 Å². The van der Waals surface area contributed by atoms with Gasteiger partial charge < -0.3 is 10.6 Å². The Morgan fingerprint density at radius 2 is 2.00 bits per heavy atom. The lowest BCUT2D eigenvalue weighted by Gasteiger charge is -2.11. The molecule has 0 bridgehead atoms. The van der Waals surface area contributed by atoms with E-state index in [1.807, 2.05) is 25.1 Å². The number of pyridine rings is 1. The Kier molecular flexibility index (Phi) is 6.05. The molecule has 7 nitrogen and oxygen atoms in total. The number of aliphatic imine (C=N–C) groups is 1. The van der Waals surface area contributed by atoms with E-state index in [0.717, 1.165) is 5.69 Å². The van der Waals surface area contributed by atoms with Crippen LogP contribution in [0.5, 0.6) is 0 Å². The molecule has 2 rings (SSSR count). The van der Waals surface area contributed by atoms with Crippen LogP contribution in [-0.4, -0.2) is 22.4 Å². The van der Waals surface area contributed by atoms with Crippen molar-refractivity contribution < 1.29 is 4.92 Å². The van der Waals surface area contributed by atoms with E-state index in [1.165, 1.54) is 6.07 Å². The van der Waals surface area contributed by atoms with Gasteiger partial charge >= 0.3 is 0 Å². The highest BCUT2D eigenvalue weighted by atomic mass is 16.6. The number of benzene rings is 1. The number of hydrogen-bond acceptors (Lipinski definition) is 4. The van der Waals surface area contributed by atoms with Crippen molar-refractivity contribution in [3.63, 3.8) is 0 Å². The van der Waals surface area contributed by atoms with Crippen molar-refractivity contribution in [2.24, 2.45) is 4.99 Å². The van der Waals surface area contributed by atoms with Crippen LogP contribution in [0.1, 0.15) is 18.2 Å². The number of nitrogens with one attached hydrogen (secondary N) is 2. The van der Waals surface area contributed by atoms with Crippen molar-refractivity contribution in [3.05, 3.63) is 70.0 Å². The lowest BCUT2D eigenvalue weighted by Crippen LogP contribution is -2.37. The van der Waals surface area contributed by atoms with E-state index in [2.05, 4.69) is 20.6 Å². The van der Waals surface area contributed by atoms with Gasteiger partial charge in [0.1, 0.15) is 0 Å². The smallest absolute Gasteiger partial charge is 0.274 e. The first-order valence-corrected chi connectivity index (χ1v) is 7.35. The summed E-state index contributed by atoms with van der Waals surface area (Å²) in [5, 5.41) is 17.3. The van der Waals surface area contributed by atoms with Crippen LogP contribution in [-0.2, 0) is 13.1 Å². The summed E-state index contributed by atoms with van der Waals surface area (Å²) in [7, 11) is 0. The lowest BCUT2D eigenvalue weighted by atomic mass is 10.2. The monoisotopic (exact) mass is 313 g/mol. The molecule has 0 unspecified atom stereocenters. The first-order valence-electron chi connectivity index (χ1n) is 7.35. The fourth-order valence-electron chi connectivity index (χ4n) is 2.01. The molecule has 2 N–H and O–H groups in total. The number of aromatic nitrogens is 1. The molecular formula is C16H19N5O2. The Morgan fingerprint density at radius 1 is 1.22 bits per heavy atom. The SMILES string of the molecule is CCNC(=NCc1ccccc1[N+](=O)[O-])NCc1ccccn1. The van der Waals surface area contributed by atoms with Gasteiger partial charge in [0.2, 0.25) is 0 Å². The van der Waals surface area contributed by atoms with E-state index in [-0.39, 0.29) is 17.2 Å². The van der Waals surface area contributed by atoms with Gasteiger partial charge in [0.15, 0.2) is 5.96 Å². The minimum absolute atomic E-state index is 0.0804. The maximum Gasteiger partial charge on any atom is 0.274 e. The van der Waals surface area contributed by atoms with Gasteiger partial charge in [-0.25, -0.2) is 4.99 Å². The molecule has 120 valence electrons. The summed E-state index contributed by atoms with van der Waals surface area (Å²) in [5.74, 6) is 0.594. The largest absolute Gasteiger partial charge is 0.357 e. The first-order chi connectivity index (χ1) is 11.2. The minimum Gasteiger partial charge on any atom is -0.357 e. The van der Waals surface area contributed by atoms with Crippen LogP contribution in [0.2, 0.25) is 0 Å². The third-order valence-corrected chi connectivity index (χ3v) is 3.10. The number of nitro benzene ring substituents is 1. The molecule has 1 aromatic heterocycles. The van der Waals surface area contributed by atoms with E-state index in [9.17, 15) is 10.1 Å². The first kappa shape index (κ1) is 16.4. The zero-order chi connectivity index (χ0) is 16.5. The van der Waals surface area contributed by atoms with E-state index in [1.54, 1.807) is 24.4 Å². The summed E-state index contributed by atoms with van der Waals surface area (Å²) < 4.78 is 0. The number of hydrogen-bond donors (Lipinski definition) is 2. The van der Waals surface area contributed by atoms with Crippen LogP contribution in [0, 0.1) is 10.1 Å². The molecule has 0 atom stereocenters. The molecule has 1 aromatic carbocycles. The van der Waals surface area contributed by atoms with Crippen LogP contribution in [0.25, 0.3) is 0 Å². The number of para-hydroxylation sites is 1. The van der Waals surface area contributed by atoms with Crippen molar-refractivity contribution in [3.8, 4) is 0 Å². The second-order valence-electron chi connectivity index (χ2n) is 4.76. The quantitative estimate of drug-likeness (QED) is 0.369. The molecule has 0 radical (unpaired) electrons. The Morgan fingerprint density at radius 3 is 2.70 bits per heavy atom. The van der Waals surface area contributed by atoms with Gasteiger partial charge in [0, 0.05) is 18.8 Å². The van der Waals surface area contributed by atoms with Crippen molar-refractivity contribution in [1.29, 1.82) is 0 Å². The molecule has 0 amide bonds. The molecule has 0 aliphatic rings. The Bertz CT molecular complexity index is 673. The highest BCUT2D eigenvalue weighted by molar-refractivity contribution is 5.79. The summed E-state index contributed by atoms with van der Waals surface area (Å²) in [4.78, 5) is 19.3. The van der Waals surface area contributed by atoms with Crippen LogP contribution in [0.4, 0.5) is 5.69 Å². The van der Waals surface area contributed by atoms with E-state index in [0.29, 0.717) is 24.6 Å². The molecule has 23 heavy (non-hydrogen) atoms. The zero-order valence-electron chi connectivity index (χ0n) is 12.9. The van der Waals surface area contributed by atoms with Gasteiger partial charge in [0.25, 0.3) is 5.69 Å². The molecule has 0 aliphatic heterocycles. The van der Waals surface area contributed by atoms with E-state index < -0.39 is 0 Å². The molecule has 0 fully saturated rings. The van der Waals surface area contributed by atoms with Gasteiger partial charge in [0.05, 0.1) is 29.3 Å². The summed E-state index contributed by atoms with van der Waals surface area (Å²) in [6, 6.07) is 12.3. The number of guanidine groups is 1. The van der Waals surface area contributed by atoms with Crippen molar-refractivity contribution in [2.45, 2.75) is 20.0 Å². The fourth-order valence-corrected chi connectivity index (χ4v) is 2.01. The second kappa shape index (κ2) is 8.47. The third kappa shape index (κ3) is 5.06. The van der Waals surface area contributed by atoms with Crippen LogP contribution in [0.15, 0.2) is 53.7 Å². The van der Waals surface area contributed by atoms with Gasteiger partial charge in [-0.1, -0.05) is 24.3 Å². The Balaban J connectivity index is 2.05. The van der Waals surface area contributed by atoms with E-state index in [4.69, 9.17) is 0 Å². The maximum atomic E-state index is 11.0. The predicted molar refractivity (Wildman–Crippen MR) is 89.0 cm³/mol. The summed E-state index contributed by atoms with van der Waals surface area (Å²) >= 11 is 0. The third-order valence-electron chi connectivity index (χ3n) is 3.10. The maximum absolute atomic E-state index is 11.0. The van der Waals surface area contributed by atoms with Crippen molar-refractivity contribution in [2.75, 3.05) is 6.54 Å². The standard InChI is InChI=1S/C16H19N5O2/c1-2-17-16(20-12-14-8-5-6-10-18-14)19-11-13-7-3-4-9-15(13)21(22)23/h3-10H,2,11-12H2,1H3,(H2,17,19,20). The highest BCUT2D eigenvalue weighted by Gasteiger charge is 2.11. The molecule has 2 aromatic rings. The number of nitro groups is 1. The zero-order valence-corrected chi connectivity index (χ0v) is 12.9. The summed E-state index contributed by atoms with van der Waals surface area (Å²) in [6.45, 7) is 3.42. The molecular weight excluding hydrogens is 294 g/mol. The molecule has 0 saturated carbocycles. The van der Waals surface area contributed by atoms with Gasteiger partial charge in [-0.05, 0) is 19.1 Å². The fraction of sp³-hybridized carbons (Fsp3) is 0.250. The summed E-state index contributed by atoms with van der Waals surface area (Å²) in [5.41, 5.74) is 1.55. The van der Waals surface area contributed by atoms with Crippen LogP contribution in [0.3, 0.4) is 0 Å². The molecule has 1 heterocycles. The topological polar surface area (TPSA) is 92.5 Å². The van der Waals surface area contributed by atoms with Crippen molar-refractivity contribution in [1.82, 2.24) is 15.6 Å². The Labute approximate surface area is 134 Å². The van der Waals surface area contributed by atoms with Crippen LogP contribution < -0.4 is 10.6 Å². The van der Waals surface area contributed by atoms with Gasteiger partial charge in [-0.2, -0.15) is 0 Å². The van der Waals surface area contributed by atoms with Crippen LogP contribution >= 0.6 is 0 Å². The predicted octanol–water partition coefficient (Wildman–Crippen LogP) is 2.25. The second-order valence-corrected chi connectivity index (χ2v) is 4.76. The highest BCUT2D eigenvalue weighted by Crippen LogP contribution is 2.18. The average Bonchev–Trinajstić information content (AvgIpc) is 2.58. The normalized spacial score (nSPS) is 11.1. The average molecular weight is 313 g/mol. The molecule has 0 spiro atoms.